The molecule has 0 spiro atoms. The lowest BCUT2D eigenvalue weighted by atomic mass is 10.1. The zero-order valence-electron chi connectivity index (χ0n) is 12.2. The van der Waals surface area contributed by atoms with Crippen molar-refractivity contribution >= 4 is 23.5 Å². The molecule has 0 bridgehead atoms. The van der Waals surface area contributed by atoms with Crippen LogP contribution in [0.3, 0.4) is 0 Å². The first-order valence-corrected chi connectivity index (χ1v) is 6.40. The van der Waals surface area contributed by atoms with Crippen LogP contribution in [0.4, 0.5) is 5.69 Å². The van der Waals surface area contributed by atoms with E-state index in [0.29, 0.717) is 0 Å². The van der Waals surface area contributed by atoms with Gasteiger partial charge in [0, 0.05) is 25.0 Å². The minimum Gasteiger partial charge on any atom is -0.493 e. The van der Waals surface area contributed by atoms with Gasteiger partial charge in [0.1, 0.15) is 0 Å². The number of carbonyl (C=O) groups is 3. The number of rotatable bonds is 8. The molecule has 8 nitrogen and oxygen atoms in total. The van der Waals surface area contributed by atoms with E-state index in [9.17, 15) is 19.5 Å². The van der Waals surface area contributed by atoms with Crippen LogP contribution in [0.5, 0.6) is 11.5 Å². The molecule has 120 valence electrons. The maximum atomic E-state index is 11.8. The number of carboxylic acid groups (broad SMARTS) is 2. The third-order valence-corrected chi connectivity index (χ3v) is 2.82. The van der Waals surface area contributed by atoms with Gasteiger partial charge in [-0.05, 0) is 6.42 Å². The summed E-state index contributed by atoms with van der Waals surface area (Å²) in [5.41, 5.74) is -0.0882. The molecule has 1 aromatic rings. The lowest BCUT2D eigenvalue weighted by molar-refractivity contribution is -0.137. The van der Waals surface area contributed by atoms with Crippen LogP contribution in [0.2, 0.25) is 0 Å². The molecule has 1 rings (SSSR count). The fraction of sp³-hybridized carbons (Fsp3) is 0.357. The molecular formula is C14H17NO7. The fourth-order valence-electron chi connectivity index (χ4n) is 1.77. The van der Waals surface area contributed by atoms with Crippen molar-refractivity contribution in [2.24, 2.45) is 0 Å². The topological polar surface area (TPSA) is 122 Å². The van der Waals surface area contributed by atoms with Crippen LogP contribution in [0.1, 0.15) is 29.6 Å². The van der Waals surface area contributed by atoms with Crippen molar-refractivity contribution in [2.75, 3.05) is 19.5 Å². The first-order valence-electron chi connectivity index (χ1n) is 6.40. The summed E-state index contributed by atoms with van der Waals surface area (Å²) in [6.07, 6.45) is 0.00169. The molecule has 0 heterocycles. The van der Waals surface area contributed by atoms with Gasteiger partial charge in [0.15, 0.2) is 11.5 Å². The molecular weight excluding hydrogens is 294 g/mol. The van der Waals surface area contributed by atoms with E-state index in [1.165, 1.54) is 26.4 Å². The minimum absolute atomic E-state index is 0.0281. The van der Waals surface area contributed by atoms with Gasteiger partial charge in [-0.2, -0.15) is 0 Å². The minimum atomic E-state index is -1.23. The van der Waals surface area contributed by atoms with Gasteiger partial charge in [0.25, 0.3) is 0 Å². The van der Waals surface area contributed by atoms with Crippen molar-refractivity contribution in [3.05, 3.63) is 17.7 Å². The number of aliphatic carboxylic acids is 1. The van der Waals surface area contributed by atoms with E-state index >= 15 is 0 Å². The first kappa shape index (κ1) is 17.3. The Labute approximate surface area is 126 Å². The predicted octanol–water partition coefficient (Wildman–Crippen LogP) is 1.60. The lowest BCUT2D eigenvalue weighted by Gasteiger charge is -2.13. The van der Waals surface area contributed by atoms with Crippen LogP contribution in [0, 0.1) is 0 Å². The first-order chi connectivity index (χ1) is 10.4. The summed E-state index contributed by atoms with van der Waals surface area (Å²) in [4.78, 5) is 33.4. The monoisotopic (exact) mass is 311 g/mol. The quantitative estimate of drug-likeness (QED) is 0.666. The van der Waals surface area contributed by atoms with Crippen molar-refractivity contribution < 1.29 is 34.1 Å². The fourth-order valence-corrected chi connectivity index (χ4v) is 1.77. The van der Waals surface area contributed by atoms with Crippen LogP contribution in [-0.4, -0.2) is 42.3 Å². The van der Waals surface area contributed by atoms with E-state index in [0.717, 1.165) is 0 Å². The van der Waals surface area contributed by atoms with Crippen LogP contribution >= 0.6 is 0 Å². The second kappa shape index (κ2) is 7.87. The Kier molecular flexibility index (Phi) is 6.18. The second-order valence-corrected chi connectivity index (χ2v) is 4.35. The van der Waals surface area contributed by atoms with Gasteiger partial charge < -0.3 is 25.0 Å². The van der Waals surface area contributed by atoms with Gasteiger partial charge >= 0.3 is 11.9 Å². The van der Waals surface area contributed by atoms with Gasteiger partial charge in [0.05, 0.1) is 25.5 Å². The van der Waals surface area contributed by atoms with Crippen molar-refractivity contribution in [3.8, 4) is 11.5 Å². The molecule has 0 saturated carbocycles. The molecule has 0 aliphatic rings. The van der Waals surface area contributed by atoms with E-state index < -0.39 is 17.8 Å². The van der Waals surface area contributed by atoms with E-state index in [-0.39, 0.29) is 42.0 Å². The number of nitrogens with one attached hydrogen (secondary N) is 1. The molecule has 0 aliphatic heterocycles. The maximum absolute atomic E-state index is 11.8. The van der Waals surface area contributed by atoms with Gasteiger partial charge in [-0.1, -0.05) is 0 Å². The van der Waals surface area contributed by atoms with Crippen LogP contribution < -0.4 is 14.8 Å². The molecule has 0 atom stereocenters. The third-order valence-electron chi connectivity index (χ3n) is 2.82. The van der Waals surface area contributed by atoms with E-state index in [4.69, 9.17) is 14.6 Å². The summed E-state index contributed by atoms with van der Waals surface area (Å²) in [7, 11) is 2.75. The molecule has 0 saturated heterocycles. The second-order valence-electron chi connectivity index (χ2n) is 4.35. The summed E-state index contributed by atoms with van der Waals surface area (Å²) in [5, 5.41) is 20.1. The highest BCUT2D eigenvalue weighted by molar-refractivity contribution is 6.01. The summed E-state index contributed by atoms with van der Waals surface area (Å²) in [6, 6.07) is 2.59. The highest BCUT2D eigenvalue weighted by atomic mass is 16.5. The van der Waals surface area contributed by atoms with Crippen molar-refractivity contribution in [3.63, 3.8) is 0 Å². The third kappa shape index (κ3) is 4.65. The molecule has 8 heteroatoms. The smallest absolute Gasteiger partial charge is 0.337 e. The number of hydrogen-bond donors (Lipinski definition) is 3. The van der Waals surface area contributed by atoms with Gasteiger partial charge in [-0.15, -0.1) is 0 Å². The van der Waals surface area contributed by atoms with Crippen LogP contribution in [0.25, 0.3) is 0 Å². The highest BCUT2D eigenvalue weighted by Gasteiger charge is 2.18. The van der Waals surface area contributed by atoms with Gasteiger partial charge in [-0.25, -0.2) is 4.79 Å². The molecule has 0 unspecified atom stereocenters. The van der Waals surface area contributed by atoms with Crippen molar-refractivity contribution in [1.29, 1.82) is 0 Å². The summed E-state index contributed by atoms with van der Waals surface area (Å²) in [5.74, 6) is -2.21. The Balaban J connectivity index is 2.94. The molecule has 0 fully saturated rings. The molecule has 1 amide bonds. The van der Waals surface area contributed by atoms with Crippen LogP contribution in [-0.2, 0) is 9.59 Å². The molecule has 1 aromatic carbocycles. The number of ether oxygens (including phenoxy) is 2. The number of amides is 1. The highest BCUT2D eigenvalue weighted by Crippen LogP contribution is 2.33. The molecule has 0 radical (unpaired) electrons. The normalized spacial score (nSPS) is 9.91. The number of hydrogen-bond acceptors (Lipinski definition) is 5. The van der Waals surface area contributed by atoms with Gasteiger partial charge in [0.2, 0.25) is 5.91 Å². The number of carbonyl (C=O) groups excluding carboxylic acids is 1. The van der Waals surface area contributed by atoms with E-state index in [1.54, 1.807) is 0 Å². The largest absolute Gasteiger partial charge is 0.493 e. The standard InChI is InChI=1S/C14H17NO7/c1-21-10-6-8(14(19)20)9(7-11(10)22-2)15-12(16)4-3-5-13(17)18/h6-7H,3-5H2,1-2H3,(H,15,16)(H,17,18)(H,19,20). The maximum Gasteiger partial charge on any atom is 0.337 e. The predicted molar refractivity (Wildman–Crippen MR) is 76.6 cm³/mol. The summed E-state index contributed by atoms with van der Waals surface area (Å²) < 4.78 is 10.1. The van der Waals surface area contributed by atoms with Crippen molar-refractivity contribution in [1.82, 2.24) is 0 Å². The Morgan fingerprint density at radius 3 is 2.14 bits per heavy atom. The summed E-state index contributed by atoms with van der Waals surface area (Å²) >= 11 is 0. The number of methoxy groups -OCH3 is 2. The van der Waals surface area contributed by atoms with Gasteiger partial charge in [-0.3, -0.25) is 9.59 Å². The van der Waals surface area contributed by atoms with Crippen molar-refractivity contribution in [2.45, 2.75) is 19.3 Å². The zero-order chi connectivity index (χ0) is 16.7. The lowest BCUT2D eigenvalue weighted by Crippen LogP contribution is -2.15. The molecule has 0 aromatic heterocycles. The molecule has 0 aliphatic carbocycles. The number of benzene rings is 1. The molecule has 3 N–H and O–H groups in total. The molecule has 22 heavy (non-hydrogen) atoms. The number of aromatic carboxylic acids is 1. The Hall–Kier alpha value is -2.77. The van der Waals surface area contributed by atoms with Crippen LogP contribution in [0.15, 0.2) is 12.1 Å². The number of anilines is 1. The summed E-state index contributed by atoms with van der Waals surface area (Å²) in [6.45, 7) is 0. The van der Waals surface area contributed by atoms with E-state index in [2.05, 4.69) is 5.32 Å². The zero-order valence-corrected chi connectivity index (χ0v) is 12.2. The Morgan fingerprint density at radius 1 is 1.05 bits per heavy atom. The SMILES string of the molecule is COc1cc(NC(=O)CCCC(=O)O)c(C(=O)O)cc1OC. The Bertz CT molecular complexity index is 583. The number of carboxylic acids is 2. The average Bonchev–Trinajstić information content (AvgIpc) is 2.45. The average molecular weight is 311 g/mol. The Morgan fingerprint density at radius 2 is 1.64 bits per heavy atom. The van der Waals surface area contributed by atoms with E-state index in [1.807, 2.05) is 0 Å².